The summed E-state index contributed by atoms with van der Waals surface area (Å²) in [7, 11) is -4.14. The second kappa shape index (κ2) is 11.4. The minimum atomic E-state index is -4.14. The second-order valence-corrected chi connectivity index (χ2v) is 10.9. The molecule has 0 aliphatic heterocycles. The zero-order valence-electron chi connectivity index (χ0n) is 21.2. The van der Waals surface area contributed by atoms with Crippen molar-refractivity contribution in [3.8, 4) is 5.75 Å². The number of ether oxygens (including phenoxy) is 1. The van der Waals surface area contributed by atoms with Crippen LogP contribution in [0.1, 0.15) is 73.5 Å². The Morgan fingerprint density at radius 1 is 0.861 bits per heavy atom. The average molecular weight is 509 g/mol. The van der Waals surface area contributed by atoms with E-state index in [1.54, 1.807) is 36.4 Å². The summed E-state index contributed by atoms with van der Waals surface area (Å²) in [6.07, 6.45) is 0. The van der Waals surface area contributed by atoms with Crippen molar-refractivity contribution in [2.45, 2.75) is 58.0 Å². The molecule has 3 aromatic rings. The summed E-state index contributed by atoms with van der Waals surface area (Å²) in [5, 5.41) is 2.76. The van der Waals surface area contributed by atoms with Gasteiger partial charge >= 0.3 is 6.03 Å². The third-order valence-corrected chi connectivity index (χ3v) is 7.04. The highest BCUT2D eigenvalue weighted by atomic mass is 32.2. The van der Waals surface area contributed by atoms with Gasteiger partial charge < -0.3 is 10.1 Å². The van der Waals surface area contributed by atoms with Crippen molar-refractivity contribution in [1.29, 1.82) is 0 Å². The summed E-state index contributed by atoms with van der Waals surface area (Å²) in [5.74, 6) is 0.568. The summed E-state index contributed by atoms with van der Waals surface area (Å²) in [5.41, 5.74) is 3.50. The number of urea groups is 1. The Morgan fingerprint density at radius 3 is 2.08 bits per heavy atom. The van der Waals surface area contributed by atoms with Crippen molar-refractivity contribution in [1.82, 2.24) is 4.72 Å². The van der Waals surface area contributed by atoms with Crippen LogP contribution in [0.5, 0.6) is 5.75 Å². The monoisotopic (exact) mass is 508 g/mol. The van der Waals surface area contributed by atoms with Gasteiger partial charge in [-0.1, -0.05) is 70.2 Å². The first-order chi connectivity index (χ1) is 17.0. The number of Topliss-reactive ketones (excluding diaryl/α,β-unsaturated/α-hetero) is 1. The first-order valence-corrected chi connectivity index (χ1v) is 13.3. The molecule has 2 amide bonds. The van der Waals surface area contributed by atoms with Crippen LogP contribution in [0.15, 0.2) is 71.6 Å². The van der Waals surface area contributed by atoms with Crippen LogP contribution in [0.4, 0.5) is 10.5 Å². The van der Waals surface area contributed by atoms with Crippen molar-refractivity contribution in [3.63, 3.8) is 0 Å². The zero-order chi connectivity index (χ0) is 26.5. The molecule has 36 heavy (non-hydrogen) atoms. The molecule has 0 bridgehead atoms. The number of sulfonamides is 1. The van der Waals surface area contributed by atoms with E-state index in [2.05, 4.69) is 10.0 Å². The van der Waals surface area contributed by atoms with Crippen LogP contribution < -0.4 is 14.8 Å². The Kier molecular flexibility index (Phi) is 8.53. The fourth-order valence-electron chi connectivity index (χ4n) is 3.86. The van der Waals surface area contributed by atoms with E-state index in [4.69, 9.17) is 4.74 Å². The molecule has 0 atom stereocenters. The highest BCUT2D eigenvalue weighted by molar-refractivity contribution is 7.90. The van der Waals surface area contributed by atoms with Crippen molar-refractivity contribution in [2.24, 2.45) is 0 Å². The van der Waals surface area contributed by atoms with Crippen molar-refractivity contribution >= 4 is 27.5 Å². The predicted molar refractivity (Wildman–Crippen MR) is 141 cm³/mol. The van der Waals surface area contributed by atoms with Crippen LogP contribution in [0.3, 0.4) is 0 Å². The van der Waals surface area contributed by atoms with Gasteiger partial charge in [-0.3, -0.25) is 4.79 Å². The normalized spacial score (nSPS) is 11.4. The summed E-state index contributed by atoms with van der Waals surface area (Å²) >= 11 is 0. The number of anilines is 1. The van der Waals surface area contributed by atoms with Gasteiger partial charge in [0.15, 0.2) is 5.78 Å². The molecule has 0 aliphatic rings. The maximum absolute atomic E-state index is 13.0. The van der Waals surface area contributed by atoms with Crippen LogP contribution in [0.25, 0.3) is 0 Å². The van der Waals surface area contributed by atoms with E-state index in [9.17, 15) is 18.0 Å². The number of carbonyl (C=O) groups excluding carboxylic acids is 2. The lowest BCUT2D eigenvalue weighted by Crippen LogP contribution is -2.35. The van der Waals surface area contributed by atoms with Gasteiger partial charge in [-0.15, -0.1) is 0 Å². The molecular weight excluding hydrogens is 476 g/mol. The largest absolute Gasteiger partial charge is 0.488 e. The molecule has 0 spiro atoms. The maximum atomic E-state index is 13.0. The molecule has 0 aromatic heterocycles. The molecule has 0 heterocycles. The summed E-state index contributed by atoms with van der Waals surface area (Å²) in [6.45, 7) is 9.57. The molecule has 0 aliphatic carbocycles. The molecule has 3 rings (SSSR count). The van der Waals surface area contributed by atoms with E-state index in [1.165, 1.54) is 19.1 Å². The number of amides is 2. The van der Waals surface area contributed by atoms with Crippen LogP contribution in [-0.2, 0) is 16.6 Å². The van der Waals surface area contributed by atoms with Gasteiger partial charge in [0.05, 0.1) is 10.5 Å². The van der Waals surface area contributed by atoms with Gasteiger partial charge in [0, 0.05) is 5.69 Å². The molecule has 0 saturated heterocycles. The summed E-state index contributed by atoms with van der Waals surface area (Å²) in [6, 6.07) is 17.9. The number of benzene rings is 3. The number of hydrogen-bond donors (Lipinski definition) is 2. The van der Waals surface area contributed by atoms with Gasteiger partial charge in [0.25, 0.3) is 10.0 Å². The lowest BCUT2D eigenvalue weighted by Gasteiger charge is -2.20. The Morgan fingerprint density at radius 2 is 1.47 bits per heavy atom. The standard InChI is InChI=1S/C28H32N2O5S/c1-18(2)23-13-9-14-24(19(3)4)27(23)29-28(32)30-36(33,34)22-11-8-10-21(16-22)17-35-26-15-7-6-12-25(26)20(5)31/h6-16,18-19H,17H2,1-5H3,(H2,29,30,32). The molecule has 0 fully saturated rings. The van der Waals surface area contributed by atoms with E-state index in [-0.39, 0.29) is 29.1 Å². The molecule has 0 unspecified atom stereocenters. The summed E-state index contributed by atoms with van der Waals surface area (Å²) < 4.78 is 33.8. The van der Waals surface area contributed by atoms with Gasteiger partial charge in [0.1, 0.15) is 12.4 Å². The highest BCUT2D eigenvalue weighted by Crippen LogP contribution is 2.32. The number of hydrogen-bond acceptors (Lipinski definition) is 5. The zero-order valence-corrected chi connectivity index (χ0v) is 22.0. The molecular formula is C28H32N2O5S. The van der Waals surface area contributed by atoms with E-state index in [0.29, 0.717) is 22.6 Å². The fraction of sp³-hybridized carbons (Fsp3) is 0.286. The molecule has 0 radical (unpaired) electrons. The van der Waals surface area contributed by atoms with Crippen LogP contribution in [-0.4, -0.2) is 20.2 Å². The number of ketones is 1. The van der Waals surface area contributed by atoms with E-state index in [1.807, 2.05) is 45.9 Å². The lowest BCUT2D eigenvalue weighted by atomic mass is 9.93. The third-order valence-electron chi connectivity index (χ3n) is 5.71. The minimum Gasteiger partial charge on any atom is -0.488 e. The second-order valence-electron chi connectivity index (χ2n) is 9.17. The first kappa shape index (κ1) is 26.9. The van der Waals surface area contributed by atoms with Gasteiger partial charge in [-0.2, -0.15) is 0 Å². The number of para-hydroxylation sites is 2. The van der Waals surface area contributed by atoms with E-state index < -0.39 is 16.1 Å². The van der Waals surface area contributed by atoms with Crippen molar-refractivity contribution in [3.05, 3.63) is 89.0 Å². The molecule has 7 nitrogen and oxygen atoms in total. The van der Waals surface area contributed by atoms with E-state index >= 15 is 0 Å². The number of rotatable bonds is 9. The SMILES string of the molecule is CC(=O)c1ccccc1OCc1cccc(S(=O)(=O)NC(=O)Nc2c(C(C)C)cccc2C(C)C)c1. The maximum Gasteiger partial charge on any atom is 0.333 e. The number of nitrogens with one attached hydrogen (secondary N) is 2. The minimum absolute atomic E-state index is 0.0549. The Balaban J connectivity index is 1.77. The fourth-order valence-corrected chi connectivity index (χ4v) is 4.84. The Labute approximate surface area is 212 Å². The van der Waals surface area contributed by atoms with Crippen molar-refractivity contribution < 1.29 is 22.7 Å². The smallest absolute Gasteiger partial charge is 0.333 e. The molecule has 2 N–H and O–H groups in total. The topological polar surface area (TPSA) is 102 Å². The molecule has 190 valence electrons. The van der Waals surface area contributed by atoms with Gasteiger partial charge in [-0.05, 0) is 59.7 Å². The number of carbonyl (C=O) groups is 2. The first-order valence-electron chi connectivity index (χ1n) is 11.8. The quantitative estimate of drug-likeness (QED) is 0.334. The summed E-state index contributed by atoms with van der Waals surface area (Å²) in [4.78, 5) is 24.5. The third kappa shape index (κ3) is 6.51. The average Bonchev–Trinajstić information content (AvgIpc) is 2.82. The predicted octanol–water partition coefficient (Wildman–Crippen LogP) is 6.23. The molecule has 0 saturated carbocycles. The Bertz CT molecular complexity index is 1340. The molecule has 8 heteroatoms. The van der Waals surface area contributed by atoms with Gasteiger partial charge in [-0.25, -0.2) is 17.9 Å². The Hall–Kier alpha value is -3.65. The van der Waals surface area contributed by atoms with E-state index in [0.717, 1.165) is 11.1 Å². The highest BCUT2D eigenvalue weighted by Gasteiger charge is 2.21. The van der Waals surface area contributed by atoms with Crippen LogP contribution in [0, 0.1) is 0 Å². The lowest BCUT2D eigenvalue weighted by molar-refractivity contribution is 0.101. The van der Waals surface area contributed by atoms with Gasteiger partial charge in [0.2, 0.25) is 0 Å². The van der Waals surface area contributed by atoms with Crippen LogP contribution in [0.2, 0.25) is 0 Å². The van der Waals surface area contributed by atoms with Crippen LogP contribution >= 0.6 is 0 Å². The molecule has 3 aromatic carbocycles. The van der Waals surface area contributed by atoms with Crippen molar-refractivity contribution in [2.75, 3.05) is 5.32 Å².